The summed E-state index contributed by atoms with van der Waals surface area (Å²) < 4.78 is 5.56. The summed E-state index contributed by atoms with van der Waals surface area (Å²) in [4.78, 5) is 12.2. The zero-order chi connectivity index (χ0) is 13.9. The molecule has 0 unspecified atom stereocenters. The summed E-state index contributed by atoms with van der Waals surface area (Å²) in [5.41, 5.74) is 6.30. The van der Waals surface area contributed by atoms with Crippen LogP contribution in [0.4, 0.5) is 4.79 Å². The second-order valence-electron chi connectivity index (χ2n) is 4.40. The van der Waals surface area contributed by atoms with Gasteiger partial charge in [-0.05, 0) is 18.5 Å². The fraction of sp³-hybridized carbons (Fsp3) is 0.500. The summed E-state index contributed by atoms with van der Waals surface area (Å²) >= 11 is 0. The number of hydrogen-bond acceptors (Lipinski definition) is 3. The first-order chi connectivity index (χ1) is 9.20. The molecule has 0 saturated heterocycles. The third kappa shape index (κ3) is 7.43. The molecule has 0 heterocycles. The maximum absolute atomic E-state index is 10.7. The van der Waals surface area contributed by atoms with E-state index in [1.54, 1.807) is 7.05 Å². The normalized spacial score (nSPS) is 10.4. The number of primary amides is 1. The van der Waals surface area contributed by atoms with Crippen molar-refractivity contribution in [3.05, 3.63) is 35.9 Å². The van der Waals surface area contributed by atoms with Crippen LogP contribution >= 0.6 is 0 Å². The summed E-state index contributed by atoms with van der Waals surface area (Å²) in [5, 5.41) is 3.24. The van der Waals surface area contributed by atoms with Crippen LogP contribution in [0.15, 0.2) is 30.3 Å². The largest absolute Gasteiger partial charge is 0.377 e. The minimum absolute atomic E-state index is 0.395. The maximum Gasteiger partial charge on any atom is 0.314 e. The summed E-state index contributed by atoms with van der Waals surface area (Å²) in [6, 6.07) is 9.73. The highest BCUT2D eigenvalue weighted by molar-refractivity contribution is 5.71. The molecule has 0 radical (unpaired) electrons. The van der Waals surface area contributed by atoms with Crippen LogP contribution in [0.3, 0.4) is 0 Å². The molecule has 0 saturated carbocycles. The molecular weight excluding hydrogens is 242 g/mol. The first-order valence-corrected chi connectivity index (χ1v) is 6.53. The van der Waals surface area contributed by atoms with E-state index in [1.807, 2.05) is 18.2 Å². The smallest absolute Gasteiger partial charge is 0.314 e. The minimum atomic E-state index is -0.395. The SMILES string of the molecule is CN(CCNCCCOCc1ccccc1)C(N)=O. The van der Waals surface area contributed by atoms with Crippen LogP contribution in [-0.2, 0) is 11.3 Å². The Bertz CT molecular complexity index is 357. The van der Waals surface area contributed by atoms with E-state index < -0.39 is 6.03 Å². The molecular formula is C14H23N3O2. The number of benzene rings is 1. The Labute approximate surface area is 114 Å². The van der Waals surface area contributed by atoms with Gasteiger partial charge in [0.05, 0.1) is 6.61 Å². The summed E-state index contributed by atoms with van der Waals surface area (Å²) in [6.45, 7) is 3.64. The number of ether oxygens (including phenoxy) is 1. The van der Waals surface area contributed by atoms with E-state index in [9.17, 15) is 4.79 Å². The standard InChI is InChI=1S/C14H23N3O2/c1-17(14(15)18)10-9-16-8-5-11-19-12-13-6-3-2-4-7-13/h2-4,6-7,16H,5,8-12H2,1H3,(H2,15,18). The van der Waals surface area contributed by atoms with Gasteiger partial charge < -0.3 is 20.7 Å². The van der Waals surface area contributed by atoms with Crippen molar-refractivity contribution in [2.45, 2.75) is 13.0 Å². The van der Waals surface area contributed by atoms with Crippen molar-refractivity contribution in [1.29, 1.82) is 0 Å². The second kappa shape index (κ2) is 9.35. The van der Waals surface area contributed by atoms with E-state index in [-0.39, 0.29) is 0 Å². The van der Waals surface area contributed by atoms with E-state index in [4.69, 9.17) is 10.5 Å². The van der Waals surface area contributed by atoms with E-state index in [0.717, 1.165) is 26.1 Å². The Balaban J connectivity index is 1.90. The lowest BCUT2D eigenvalue weighted by molar-refractivity contribution is 0.118. The van der Waals surface area contributed by atoms with E-state index in [2.05, 4.69) is 17.4 Å². The van der Waals surface area contributed by atoms with Crippen LogP contribution in [0.1, 0.15) is 12.0 Å². The van der Waals surface area contributed by atoms with E-state index in [1.165, 1.54) is 10.5 Å². The predicted octanol–water partition coefficient (Wildman–Crippen LogP) is 1.19. The number of rotatable bonds is 9. The van der Waals surface area contributed by atoms with Gasteiger partial charge in [-0.25, -0.2) is 4.79 Å². The summed E-state index contributed by atoms with van der Waals surface area (Å²) in [7, 11) is 1.69. The molecule has 3 N–H and O–H groups in total. The van der Waals surface area contributed by atoms with Crippen LogP contribution in [0.25, 0.3) is 0 Å². The molecule has 19 heavy (non-hydrogen) atoms. The van der Waals surface area contributed by atoms with Gasteiger partial charge in [0.2, 0.25) is 0 Å². The van der Waals surface area contributed by atoms with Crippen LogP contribution < -0.4 is 11.1 Å². The minimum Gasteiger partial charge on any atom is -0.377 e. The van der Waals surface area contributed by atoms with Crippen molar-refractivity contribution >= 4 is 6.03 Å². The molecule has 0 atom stereocenters. The zero-order valence-corrected chi connectivity index (χ0v) is 11.5. The average molecular weight is 265 g/mol. The number of hydrogen-bond donors (Lipinski definition) is 2. The molecule has 1 aromatic rings. The fourth-order valence-corrected chi connectivity index (χ4v) is 1.55. The van der Waals surface area contributed by atoms with Gasteiger partial charge in [0.15, 0.2) is 0 Å². The van der Waals surface area contributed by atoms with Crippen molar-refractivity contribution in [3.8, 4) is 0 Å². The third-order valence-corrected chi connectivity index (χ3v) is 2.75. The average Bonchev–Trinajstić information content (AvgIpc) is 2.42. The maximum atomic E-state index is 10.7. The molecule has 0 aliphatic rings. The van der Waals surface area contributed by atoms with Crippen molar-refractivity contribution in [3.63, 3.8) is 0 Å². The molecule has 0 aliphatic carbocycles. The summed E-state index contributed by atoms with van der Waals surface area (Å²) in [5.74, 6) is 0. The Kier molecular flexibility index (Phi) is 7.62. The second-order valence-corrected chi connectivity index (χ2v) is 4.40. The highest BCUT2D eigenvalue weighted by Crippen LogP contribution is 2.00. The zero-order valence-electron chi connectivity index (χ0n) is 11.5. The number of amides is 2. The Hall–Kier alpha value is -1.59. The number of carbonyl (C=O) groups excluding carboxylic acids is 1. The lowest BCUT2D eigenvalue weighted by Gasteiger charge is -2.14. The Morgan fingerprint density at radius 2 is 2.05 bits per heavy atom. The topological polar surface area (TPSA) is 67.6 Å². The number of nitrogens with two attached hydrogens (primary N) is 1. The van der Waals surface area contributed by atoms with Gasteiger partial charge in [0.25, 0.3) is 0 Å². The molecule has 106 valence electrons. The first-order valence-electron chi connectivity index (χ1n) is 6.53. The number of likely N-dealkylation sites (N-methyl/N-ethyl adjacent to an activating group) is 1. The molecule has 1 rings (SSSR count). The Morgan fingerprint density at radius 3 is 2.74 bits per heavy atom. The quantitative estimate of drug-likeness (QED) is 0.659. The van der Waals surface area contributed by atoms with Gasteiger partial charge in [-0.1, -0.05) is 30.3 Å². The molecule has 2 amide bonds. The van der Waals surface area contributed by atoms with Gasteiger partial charge in [-0.2, -0.15) is 0 Å². The van der Waals surface area contributed by atoms with Crippen LogP contribution in [0.5, 0.6) is 0 Å². The molecule has 1 aromatic carbocycles. The summed E-state index contributed by atoms with van der Waals surface area (Å²) in [6.07, 6.45) is 0.952. The van der Waals surface area contributed by atoms with Gasteiger partial charge in [0, 0.05) is 26.7 Å². The molecule has 0 bridgehead atoms. The number of carbonyl (C=O) groups is 1. The lowest BCUT2D eigenvalue weighted by atomic mass is 10.2. The van der Waals surface area contributed by atoms with Crippen molar-refractivity contribution in [2.24, 2.45) is 5.73 Å². The van der Waals surface area contributed by atoms with Gasteiger partial charge in [-0.15, -0.1) is 0 Å². The molecule has 0 spiro atoms. The fourth-order valence-electron chi connectivity index (χ4n) is 1.55. The van der Waals surface area contributed by atoms with Gasteiger partial charge in [0.1, 0.15) is 0 Å². The monoisotopic (exact) mass is 265 g/mol. The molecule has 0 aromatic heterocycles. The highest BCUT2D eigenvalue weighted by atomic mass is 16.5. The van der Waals surface area contributed by atoms with E-state index in [0.29, 0.717) is 13.2 Å². The van der Waals surface area contributed by atoms with Crippen molar-refractivity contribution in [2.75, 3.05) is 33.3 Å². The van der Waals surface area contributed by atoms with Crippen molar-refractivity contribution in [1.82, 2.24) is 10.2 Å². The number of nitrogens with zero attached hydrogens (tertiary/aromatic N) is 1. The van der Waals surface area contributed by atoms with Crippen LogP contribution in [-0.4, -0.2) is 44.2 Å². The van der Waals surface area contributed by atoms with Crippen molar-refractivity contribution < 1.29 is 9.53 Å². The van der Waals surface area contributed by atoms with E-state index >= 15 is 0 Å². The molecule has 5 nitrogen and oxygen atoms in total. The molecule has 0 fully saturated rings. The number of nitrogens with one attached hydrogen (secondary N) is 1. The predicted molar refractivity (Wildman–Crippen MR) is 75.8 cm³/mol. The van der Waals surface area contributed by atoms with Gasteiger partial charge >= 0.3 is 6.03 Å². The molecule has 5 heteroatoms. The van der Waals surface area contributed by atoms with Crippen LogP contribution in [0, 0.1) is 0 Å². The van der Waals surface area contributed by atoms with Crippen LogP contribution in [0.2, 0.25) is 0 Å². The Morgan fingerprint density at radius 1 is 1.32 bits per heavy atom. The number of urea groups is 1. The molecule has 0 aliphatic heterocycles. The highest BCUT2D eigenvalue weighted by Gasteiger charge is 2.00. The van der Waals surface area contributed by atoms with Gasteiger partial charge in [-0.3, -0.25) is 0 Å². The third-order valence-electron chi connectivity index (χ3n) is 2.75. The first kappa shape index (κ1) is 15.5. The lowest BCUT2D eigenvalue weighted by Crippen LogP contribution is -2.37.